The third kappa shape index (κ3) is 1.95. The Hall–Kier alpha value is -0.530. The van der Waals surface area contributed by atoms with E-state index in [0.717, 1.165) is 13.0 Å². The van der Waals surface area contributed by atoms with Gasteiger partial charge in [-0.25, -0.2) is 0 Å². The number of nitrogens with zero attached hydrogens (tertiary/aromatic N) is 1. The van der Waals surface area contributed by atoms with Gasteiger partial charge in [-0.3, -0.25) is 4.79 Å². The summed E-state index contributed by atoms with van der Waals surface area (Å²) in [5, 5.41) is 0. The number of carbonyl (C=O) groups excluding carboxylic acids is 1. The van der Waals surface area contributed by atoms with Gasteiger partial charge in [-0.15, -0.1) is 0 Å². The lowest BCUT2D eigenvalue weighted by Crippen LogP contribution is -2.42. The van der Waals surface area contributed by atoms with Crippen LogP contribution in [0.4, 0.5) is 0 Å². The second-order valence-electron chi connectivity index (χ2n) is 3.27. The van der Waals surface area contributed by atoms with E-state index in [0.29, 0.717) is 6.04 Å². The number of hydrogen-bond donors (Lipinski definition) is 0. The van der Waals surface area contributed by atoms with Crippen LogP contribution < -0.4 is 0 Å². The molecule has 1 aliphatic heterocycles. The normalized spacial score (nSPS) is 25.3. The van der Waals surface area contributed by atoms with Crippen LogP contribution in [0.1, 0.15) is 39.5 Å². The van der Waals surface area contributed by atoms with E-state index < -0.39 is 0 Å². The summed E-state index contributed by atoms with van der Waals surface area (Å²) in [6.07, 6.45) is 4.80. The van der Waals surface area contributed by atoms with Gasteiger partial charge in [0.2, 0.25) is 5.91 Å². The van der Waals surface area contributed by atoms with Gasteiger partial charge < -0.3 is 4.90 Å². The van der Waals surface area contributed by atoms with Crippen LogP contribution in [0, 0.1) is 0 Å². The zero-order valence-electron chi connectivity index (χ0n) is 7.47. The smallest absolute Gasteiger partial charge is 0.219 e. The Bertz CT molecular complexity index is 144. The molecular weight excluding hydrogens is 138 g/mol. The Kier molecular flexibility index (Phi) is 2.92. The third-order valence-electron chi connectivity index (χ3n) is 2.50. The van der Waals surface area contributed by atoms with Crippen LogP contribution in [-0.2, 0) is 4.79 Å². The lowest BCUT2D eigenvalue weighted by atomic mass is 10.0. The highest BCUT2D eigenvalue weighted by Gasteiger charge is 2.21. The van der Waals surface area contributed by atoms with Crippen LogP contribution in [0.5, 0.6) is 0 Å². The van der Waals surface area contributed by atoms with Crippen LogP contribution >= 0.6 is 0 Å². The first kappa shape index (κ1) is 8.57. The van der Waals surface area contributed by atoms with Gasteiger partial charge in [0.25, 0.3) is 0 Å². The van der Waals surface area contributed by atoms with E-state index in [1.165, 1.54) is 19.3 Å². The first-order valence-electron chi connectivity index (χ1n) is 4.53. The van der Waals surface area contributed by atoms with Crippen molar-refractivity contribution in [3.63, 3.8) is 0 Å². The maximum Gasteiger partial charge on any atom is 0.219 e. The lowest BCUT2D eigenvalue weighted by molar-refractivity contribution is -0.132. The maximum atomic E-state index is 11.1. The molecule has 11 heavy (non-hydrogen) atoms. The second kappa shape index (κ2) is 3.74. The van der Waals surface area contributed by atoms with Crippen molar-refractivity contribution >= 4 is 5.91 Å². The van der Waals surface area contributed by atoms with E-state index in [1.807, 2.05) is 4.90 Å². The van der Waals surface area contributed by atoms with Gasteiger partial charge in [0.15, 0.2) is 0 Å². The molecule has 0 spiro atoms. The van der Waals surface area contributed by atoms with Gasteiger partial charge in [0.1, 0.15) is 0 Å². The second-order valence-corrected chi connectivity index (χ2v) is 3.27. The van der Waals surface area contributed by atoms with Gasteiger partial charge in [0.05, 0.1) is 0 Å². The van der Waals surface area contributed by atoms with E-state index in [9.17, 15) is 4.79 Å². The molecule has 1 unspecified atom stereocenters. The molecule has 1 atom stereocenters. The standard InChI is InChI=1S/C9H17NO/c1-3-9-6-4-5-7-10(9)8(2)11/h9H,3-7H2,1-2H3. The summed E-state index contributed by atoms with van der Waals surface area (Å²) in [5.41, 5.74) is 0. The predicted octanol–water partition coefficient (Wildman–Crippen LogP) is 1.80. The Balaban J connectivity index is 2.51. The Morgan fingerprint density at radius 1 is 1.55 bits per heavy atom. The molecule has 2 nitrogen and oxygen atoms in total. The number of amides is 1. The molecule has 1 heterocycles. The lowest BCUT2D eigenvalue weighted by Gasteiger charge is -2.34. The minimum Gasteiger partial charge on any atom is -0.340 e. The third-order valence-corrected chi connectivity index (χ3v) is 2.50. The molecule has 1 saturated heterocycles. The van der Waals surface area contributed by atoms with Crippen LogP contribution in [0.15, 0.2) is 0 Å². The zero-order chi connectivity index (χ0) is 8.27. The van der Waals surface area contributed by atoms with E-state index in [1.54, 1.807) is 6.92 Å². The number of hydrogen-bond acceptors (Lipinski definition) is 1. The number of rotatable bonds is 1. The molecule has 2 heteroatoms. The molecule has 0 aromatic rings. The highest BCUT2D eigenvalue weighted by molar-refractivity contribution is 5.73. The Labute approximate surface area is 68.6 Å². The highest BCUT2D eigenvalue weighted by atomic mass is 16.2. The van der Waals surface area contributed by atoms with Crippen LogP contribution in [0.25, 0.3) is 0 Å². The molecule has 1 aliphatic rings. The molecule has 0 bridgehead atoms. The Morgan fingerprint density at radius 3 is 2.73 bits per heavy atom. The van der Waals surface area contributed by atoms with Gasteiger partial charge in [-0.2, -0.15) is 0 Å². The summed E-state index contributed by atoms with van der Waals surface area (Å²) >= 11 is 0. The zero-order valence-corrected chi connectivity index (χ0v) is 7.47. The predicted molar refractivity (Wildman–Crippen MR) is 45.3 cm³/mol. The molecule has 0 aliphatic carbocycles. The van der Waals surface area contributed by atoms with E-state index in [-0.39, 0.29) is 5.91 Å². The summed E-state index contributed by atoms with van der Waals surface area (Å²) < 4.78 is 0. The minimum atomic E-state index is 0.247. The van der Waals surface area contributed by atoms with Crippen molar-refractivity contribution in [1.29, 1.82) is 0 Å². The van der Waals surface area contributed by atoms with Crippen molar-refractivity contribution < 1.29 is 4.79 Å². The highest BCUT2D eigenvalue weighted by Crippen LogP contribution is 2.18. The van der Waals surface area contributed by atoms with E-state index in [2.05, 4.69) is 6.92 Å². The average Bonchev–Trinajstić information content (AvgIpc) is 2.04. The molecule has 0 saturated carbocycles. The quantitative estimate of drug-likeness (QED) is 0.565. The fraction of sp³-hybridized carbons (Fsp3) is 0.889. The van der Waals surface area contributed by atoms with E-state index >= 15 is 0 Å². The molecule has 1 rings (SSSR count). The number of piperidine rings is 1. The van der Waals surface area contributed by atoms with Crippen molar-refractivity contribution in [3.05, 3.63) is 0 Å². The molecule has 1 fully saturated rings. The fourth-order valence-electron chi connectivity index (χ4n) is 1.84. The number of likely N-dealkylation sites (tertiary alicyclic amines) is 1. The van der Waals surface area contributed by atoms with Gasteiger partial charge in [-0.05, 0) is 25.7 Å². The van der Waals surface area contributed by atoms with Crippen molar-refractivity contribution in [3.8, 4) is 0 Å². The average molecular weight is 155 g/mol. The molecule has 0 N–H and O–H groups in total. The minimum absolute atomic E-state index is 0.247. The fourth-order valence-corrected chi connectivity index (χ4v) is 1.84. The van der Waals surface area contributed by atoms with Crippen molar-refractivity contribution in [2.75, 3.05) is 6.54 Å². The number of carbonyl (C=O) groups is 1. The molecule has 64 valence electrons. The van der Waals surface area contributed by atoms with Crippen molar-refractivity contribution in [2.24, 2.45) is 0 Å². The van der Waals surface area contributed by atoms with Crippen LogP contribution in [0.2, 0.25) is 0 Å². The van der Waals surface area contributed by atoms with Crippen LogP contribution in [0.3, 0.4) is 0 Å². The van der Waals surface area contributed by atoms with Crippen molar-refractivity contribution in [2.45, 2.75) is 45.6 Å². The SMILES string of the molecule is CCC1CCCCN1C(C)=O. The topological polar surface area (TPSA) is 20.3 Å². The largest absolute Gasteiger partial charge is 0.340 e. The summed E-state index contributed by atoms with van der Waals surface area (Å²) in [7, 11) is 0. The summed E-state index contributed by atoms with van der Waals surface area (Å²) in [6.45, 7) is 4.81. The molecule has 0 radical (unpaired) electrons. The first-order chi connectivity index (χ1) is 5.25. The molecule has 0 aromatic heterocycles. The van der Waals surface area contributed by atoms with E-state index in [4.69, 9.17) is 0 Å². The summed E-state index contributed by atoms with van der Waals surface area (Å²) in [5.74, 6) is 0.247. The summed E-state index contributed by atoms with van der Waals surface area (Å²) in [4.78, 5) is 13.1. The van der Waals surface area contributed by atoms with Gasteiger partial charge >= 0.3 is 0 Å². The first-order valence-corrected chi connectivity index (χ1v) is 4.53. The maximum absolute atomic E-state index is 11.1. The molecular formula is C9H17NO. The Morgan fingerprint density at radius 2 is 2.27 bits per heavy atom. The van der Waals surface area contributed by atoms with Gasteiger partial charge in [0, 0.05) is 19.5 Å². The monoisotopic (exact) mass is 155 g/mol. The molecule has 0 aromatic carbocycles. The molecule has 1 amide bonds. The van der Waals surface area contributed by atoms with Gasteiger partial charge in [-0.1, -0.05) is 6.92 Å². The summed E-state index contributed by atoms with van der Waals surface area (Å²) in [6, 6.07) is 0.529. The van der Waals surface area contributed by atoms with Crippen LogP contribution in [-0.4, -0.2) is 23.4 Å². The van der Waals surface area contributed by atoms with Crippen molar-refractivity contribution in [1.82, 2.24) is 4.90 Å².